The van der Waals surface area contributed by atoms with E-state index < -0.39 is 11.6 Å². The Bertz CT molecular complexity index is 927. The van der Waals surface area contributed by atoms with Crippen LogP contribution in [0.2, 0.25) is 0 Å². The zero-order chi connectivity index (χ0) is 18.5. The maximum Gasteiger partial charge on any atom is 0.224 e. The third kappa shape index (κ3) is 4.23. The molecular formula is C19H18FN3O2S. The van der Waals surface area contributed by atoms with Gasteiger partial charge in [0.1, 0.15) is 0 Å². The number of hydrogen-bond acceptors (Lipinski definition) is 5. The van der Waals surface area contributed by atoms with E-state index in [0.29, 0.717) is 23.4 Å². The molecule has 2 N–H and O–H groups in total. The highest BCUT2D eigenvalue weighted by atomic mass is 32.1. The van der Waals surface area contributed by atoms with Crippen LogP contribution in [0.4, 0.5) is 10.1 Å². The predicted octanol–water partition coefficient (Wildman–Crippen LogP) is 4.85. The number of aromatic hydroxyl groups is 1. The fraction of sp³-hybridized carbons (Fsp3) is 0.211. The molecule has 26 heavy (non-hydrogen) atoms. The van der Waals surface area contributed by atoms with Crippen LogP contribution in [0.1, 0.15) is 26.2 Å². The Hall–Kier alpha value is -2.80. The molecule has 1 aromatic carbocycles. The van der Waals surface area contributed by atoms with Gasteiger partial charge in [0, 0.05) is 17.4 Å². The molecule has 3 aromatic rings. The average Bonchev–Trinajstić information content (AvgIpc) is 3.11. The first-order chi connectivity index (χ1) is 12.6. The van der Waals surface area contributed by atoms with Crippen molar-refractivity contribution in [2.24, 2.45) is 0 Å². The molecule has 0 saturated carbocycles. The van der Waals surface area contributed by atoms with Gasteiger partial charge in [-0.1, -0.05) is 13.3 Å². The van der Waals surface area contributed by atoms with Crippen LogP contribution < -0.4 is 5.32 Å². The summed E-state index contributed by atoms with van der Waals surface area (Å²) in [6, 6.07) is 5.94. The fourth-order valence-electron chi connectivity index (χ4n) is 2.39. The second-order valence-corrected chi connectivity index (χ2v) is 6.72. The van der Waals surface area contributed by atoms with Gasteiger partial charge in [0.15, 0.2) is 11.6 Å². The van der Waals surface area contributed by atoms with Crippen LogP contribution in [0.3, 0.4) is 0 Å². The molecular weight excluding hydrogens is 353 g/mol. The highest BCUT2D eigenvalue weighted by molar-refractivity contribution is 7.14. The number of nitrogens with one attached hydrogen (secondary N) is 1. The van der Waals surface area contributed by atoms with Gasteiger partial charge in [-0.05, 0) is 30.7 Å². The first-order valence-corrected chi connectivity index (χ1v) is 9.14. The molecule has 2 heterocycles. The van der Waals surface area contributed by atoms with Crippen LogP contribution in [0.5, 0.6) is 5.75 Å². The molecule has 0 saturated heterocycles. The van der Waals surface area contributed by atoms with Crippen molar-refractivity contribution in [2.75, 3.05) is 5.32 Å². The quantitative estimate of drug-likeness (QED) is 0.650. The Morgan fingerprint density at radius 1 is 1.27 bits per heavy atom. The number of halogens is 1. The van der Waals surface area contributed by atoms with Gasteiger partial charge in [0.2, 0.25) is 5.91 Å². The highest BCUT2D eigenvalue weighted by Gasteiger charge is 2.10. The van der Waals surface area contributed by atoms with E-state index in [4.69, 9.17) is 0 Å². The zero-order valence-electron chi connectivity index (χ0n) is 14.2. The van der Waals surface area contributed by atoms with Crippen molar-refractivity contribution in [2.45, 2.75) is 26.2 Å². The molecule has 0 bridgehead atoms. The largest absolute Gasteiger partial charge is 0.505 e. The van der Waals surface area contributed by atoms with E-state index in [2.05, 4.69) is 15.3 Å². The van der Waals surface area contributed by atoms with Gasteiger partial charge in [-0.3, -0.25) is 9.78 Å². The first kappa shape index (κ1) is 18.0. The molecule has 0 atom stereocenters. The number of aromatic nitrogens is 2. The summed E-state index contributed by atoms with van der Waals surface area (Å²) in [5.41, 5.74) is 2.40. The van der Waals surface area contributed by atoms with Gasteiger partial charge in [-0.2, -0.15) is 0 Å². The molecule has 0 fully saturated rings. The number of carbonyl (C=O) groups is 1. The molecule has 5 nitrogen and oxygen atoms in total. The maximum absolute atomic E-state index is 13.6. The fourth-order valence-corrected chi connectivity index (χ4v) is 3.18. The summed E-state index contributed by atoms with van der Waals surface area (Å²) in [5, 5.41) is 14.0. The lowest BCUT2D eigenvalue weighted by molar-refractivity contribution is -0.116. The summed E-state index contributed by atoms with van der Waals surface area (Å²) in [4.78, 5) is 21.4. The standard InChI is InChI=1S/C19H18FN3O2S/c1-2-3-4-19(25)22-13-8-18(26-11-13)16-10-21-9-15(23-16)12-5-6-17(24)14(20)7-12/h5-11,24H,2-4H2,1H3,(H,22,25). The predicted molar refractivity (Wildman–Crippen MR) is 101 cm³/mol. The third-order valence-electron chi connectivity index (χ3n) is 3.77. The number of amides is 1. The van der Waals surface area contributed by atoms with Crippen LogP contribution >= 0.6 is 11.3 Å². The Kier molecular flexibility index (Phi) is 5.58. The van der Waals surface area contributed by atoms with Crippen molar-refractivity contribution in [3.8, 4) is 27.6 Å². The number of hydrogen-bond donors (Lipinski definition) is 2. The van der Waals surface area contributed by atoms with Crippen molar-refractivity contribution in [3.63, 3.8) is 0 Å². The molecule has 0 aliphatic rings. The van der Waals surface area contributed by atoms with Crippen LogP contribution in [-0.2, 0) is 4.79 Å². The minimum Gasteiger partial charge on any atom is -0.505 e. The molecule has 0 unspecified atom stereocenters. The summed E-state index contributed by atoms with van der Waals surface area (Å²) in [7, 11) is 0. The molecule has 1 amide bonds. The van der Waals surface area contributed by atoms with Crippen molar-refractivity contribution >= 4 is 22.9 Å². The normalized spacial score (nSPS) is 10.7. The summed E-state index contributed by atoms with van der Waals surface area (Å²) in [5.74, 6) is -1.11. The SMILES string of the molecule is CCCCC(=O)Nc1csc(-c2cncc(-c3ccc(O)c(F)c3)n2)c1. The zero-order valence-corrected chi connectivity index (χ0v) is 15.0. The van der Waals surface area contributed by atoms with Gasteiger partial charge < -0.3 is 10.4 Å². The van der Waals surface area contributed by atoms with Gasteiger partial charge >= 0.3 is 0 Å². The molecule has 2 aromatic heterocycles. The van der Waals surface area contributed by atoms with E-state index in [1.54, 1.807) is 12.3 Å². The topological polar surface area (TPSA) is 75.1 Å². The van der Waals surface area contributed by atoms with E-state index in [1.807, 2.05) is 18.4 Å². The van der Waals surface area contributed by atoms with Gasteiger partial charge in [-0.25, -0.2) is 9.37 Å². The van der Waals surface area contributed by atoms with E-state index in [-0.39, 0.29) is 5.91 Å². The minimum atomic E-state index is -0.706. The molecule has 0 spiro atoms. The molecule has 3 rings (SSSR count). The van der Waals surface area contributed by atoms with Crippen LogP contribution in [0.15, 0.2) is 42.0 Å². The number of phenolic OH excluding ortho intramolecular Hbond substituents is 1. The number of nitrogens with zero attached hydrogens (tertiary/aromatic N) is 2. The van der Waals surface area contributed by atoms with Crippen molar-refractivity contribution in [1.29, 1.82) is 0 Å². The number of carbonyl (C=O) groups excluding carboxylic acids is 1. The number of rotatable bonds is 6. The maximum atomic E-state index is 13.6. The summed E-state index contributed by atoms with van der Waals surface area (Å²) < 4.78 is 13.6. The Morgan fingerprint density at radius 3 is 2.85 bits per heavy atom. The Balaban J connectivity index is 1.80. The number of anilines is 1. The van der Waals surface area contributed by atoms with Gasteiger partial charge in [-0.15, -0.1) is 11.3 Å². The van der Waals surface area contributed by atoms with Crippen LogP contribution in [-0.4, -0.2) is 21.0 Å². The molecule has 0 radical (unpaired) electrons. The third-order valence-corrected chi connectivity index (χ3v) is 4.72. The Morgan fingerprint density at radius 2 is 2.08 bits per heavy atom. The van der Waals surface area contributed by atoms with E-state index in [9.17, 15) is 14.3 Å². The second-order valence-electron chi connectivity index (χ2n) is 5.81. The van der Waals surface area contributed by atoms with Crippen LogP contribution in [0.25, 0.3) is 21.8 Å². The summed E-state index contributed by atoms with van der Waals surface area (Å²) >= 11 is 1.45. The second kappa shape index (κ2) is 8.05. The van der Waals surface area contributed by atoms with Crippen molar-refractivity contribution < 1.29 is 14.3 Å². The van der Waals surface area contributed by atoms with Crippen LogP contribution in [0, 0.1) is 5.82 Å². The number of benzene rings is 1. The lowest BCUT2D eigenvalue weighted by atomic mass is 10.1. The van der Waals surface area contributed by atoms with E-state index in [0.717, 1.165) is 23.4 Å². The smallest absolute Gasteiger partial charge is 0.224 e. The molecule has 7 heteroatoms. The average molecular weight is 371 g/mol. The number of unbranched alkanes of at least 4 members (excludes halogenated alkanes) is 1. The van der Waals surface area contributed by atoms with Crippen molar-refractivity contribution in [1.82, 2.24) is 9.97 Å². The molecule has 0 aliphatic carbocycles. The summed E-state index contributed by atoms with van der Waals surface area (Å²) in [6.07, 6.45) is 5.50. The van der Waals surface area contributed by atoms with E-state index in [1.165, 1.54) is 29.7 Å². The molecule has 0 aliphatic heterocycles. The molecule has 134 valence electrons. The van der Waals surface area contributed by atoms with Crippen molar-refractivity contribution in [3.05, 3.63) is 47.9 Å². The summed E-state index contributed by atoms with van der Waals surface area (Å²) in [6.45, 7) is 2.04. The minimum absolute atomic E-state index is 0.00407. The van der Waals surface area contributed by atoms with Gasteiger partial charge in [0.05, 0.1) is 34.3 Å². The van der Waals surface area contributed by atoms with E-state index >= 15 is 0 Å². The lowest BCUT2D eigenvalue weighted by Crippen LogP contribution is -2.09. The van der Waals surface area contributed by atoms with Gasteiger partial charge in [0.25, 0.3) is 0 Å². The highest BCUT2D eigenvalue weighted by Crippen LogP contribution is 2.30. The lowest BCUT2D eigenvalue weighted by Gasteiger charge is -2.04. The monoisotopic (exact) mass is 371 g/mol. The number of thiophene rings is 1. The Labute approximate surface area is 154 Å². The first-order valence-electron chi connectivity index (χ1n) is 8.26. The number of phenols is 1.